The number of amides is 1. The third-order valence-electron chi connectivity index (χ3n) is 3.43. The molecule has 0 radical (unpaired) electrons. The van der Waals surface area contributed by atoms with Crippen LogP contribution >= 0.6 is 11.6 Å². The maximum atomic E-state index is 13.2. The minimum Gasteiger partial charge on any atom is -0.357 e. The van der Waals surface area contributed by atoms with Gasteiger partial charge in [0.05, 0.1) is 6.54 Å². The Morgan fingerprint density at radius 3 is 2.50 bits per heavy atom. The molecule has 0 saturated heterocycles. The van der Waals surface area contributed by atoms with Crippen LogP contribution < -0.4 is 16.0 Å². The average Bonchev–Trinajstić information content (AvgIpc) is 2.48. The van der Waals surface area contributed by atoms with E-state index in [1.54, 1.807) is 6.07 Å². The zero-order valence-corrected chi connectivity index (χ0v) is 15.4. The Kier molecular flexibility index (Phi) is 7.98. The van der Waals surface area contributed by atoms with Gasteiger partial charge in [0, 0.05) is 37.0 Å². The average molecular weight is 357 g/mol. The lowest BCUT2D eigenvalue weighted by Crippen LogP contribution is -2.42. The molecule has 0 aromatic heterocycles. The van der Waals surface area contributed by atoms with E-state index in [-0.39, 0.29) is 17.1 Å². The highest BCUT2D eigenvalue weighted by atomic mass is 35.5. The van der Waals surface area contributed by atoms with Crippen molar-refractivity contribution in [3.63, 3.8) is 0 Å². The van der Waals surface area contributed by atoms with E-state index in [2.05, 4.69) is 20.9 Å². The molecule has 1 rings (SSSR count). The topological polar surface area (TPSA) is 65.5 Å². The van der Waals surface area contributed by atoms with Crippen molar-refractivity contribution in [2.45, 2.75) is 33.1 Å². The maximum Gasteiger partial charge on any atom is 0.216 e. The van der Waals surface area contributed by atoms with Gasteiger partial charge in [-0.1, -0.05) is 31.5 Å². The molecule has 0 atom stereocenters. The molecule has 0 heterocycles. The van der Waals surface area contributed by atoms with E-state index < -0.39 is 0 Å². The predicted octanol–water partition coefficient (Wildman–Crippen LogP) is 2.45. The van der Waals surface area contributed by atoms with Crippen LogP contribution in [0.1, 0.15) is 33.3 Å². The molecule has 1 aromatic carbocycles. The summed E-state index contributed by atoms with van der Waals surface area (Å²) in [6, 6.07) is 4.42. The monoisotopic (exact) mass is 356 g/mol. The number of nitrogens with zero attached hydrogens (tertiary/aromatic N) is 1. The summed E-state index contributed by atoms with van der Waals surface area (Å²) in [4.78, 5) is 15.4. The number of nitrogens with one attached hydrogen (secondary N) is 3. The third kappa shape index (κ3) is 6.74. The van der Waals surface area contributed by atoms with Gasteiger partial charge in [0.1, 0.15) is 5.82 Å². The first-order valence-electron chi connectivity index (χ1n) is 7.98. The highest BCUT2D eigenvalue weighted by Gasteiger charge is 2.23. The van der Waals surface area contributed by atoms with Crippen LogP contribution in [-0.4, -0.2) is 38.0 Å². The minimum atomic E-state index is -0.351. The molecule has 24 heavy (non-hydrogen) atoms. The summed E-state index contributed by atoms with van der Waals surface area (Å²) in [6.07, 6.45) is 0. The largest absolute Gasteiger partial charge is 0.357 e. The van der Waals surface area contributed by atoms with Crippen molar-refractivity contribution in [3.8, 4) is 0 Å². The fourth-order valence-electron chi connectivity index (χ4n) is 2.16. The third-order valence-corrected chi connectivity index (χ3v) is 3.74. The first kappa shape index (κ1) is 20.2. The summed E-state index contributed by atoms with van der Waals surface area (Å²) in [7, 11) is 0. The first-order chi connectivity index (χ1) is 11.3. The van der Waals surface area contributed by atoms with Crippen LogP contribution in [0.2, 0.25) is 5.02 Å². The molecular weight excluding hydrogens is 331 g/mol. The molecule has 5 nitrogen and oxygen atoms in total. The van der Waals surface area contributed by atoms with Gasteiger partial charge >= 0.3 is 0 Å². The molecule has 0 unspecified atom stereocenters. The number of halogens is 2. The lowest BCUT2D eigenvalue weighted by Gasteiger charge is -2.25. The van der Waals surface area contributed by atoms with Crippen molar-refractivity contribution in [2.75, 3.05) is 26.2 Å². The standard InChI is InChI=1S/C17H26ClFN4O/c1-5-20-16(22-9-8-21-12(2)24)23-11-17(3,4)14-7-6-13(19)10-15(14)18/h6-7,10H,5,8-9,11H2,1-4H3,(H,21,24)(H2,20,22,23). The predicted molar refractivity (Wildman–Crippen MR) is 97.1 cm³/mol. The van der Waals surface area contributed by atoms with Crippen LogP contribution in [0.3, 0.4) is 0 Å². The number of rotatable bonds is 7. The van der Waals surface area contributed by atoms with Crippen LogP contribution in [0, 0.1) is 5.82 Å². The van der Waals surface area contributed by atoms with Gasteiger partial charge in [-0.2, -0.15) is 0 Å². The van der Waals surface area contributed by atoms with E-state index in [1.807, 2.05) is 20.8 Å². The van der Waals surface area contributed by atoms with Gasteiger partial charge in [-0.05, 0) is 24.6 Å². The van der Waals surface area contributed by atoms with E-state index in [4.69, 9.17) is 11.6 Å². The van der Waals surface area contributed by atoms with Gasteiger partial charge in [-0.3, -0.25) is 9.79 Å². The Morgan fingerprint density at radius 1 is 1.25 bits per heavy atom. The quantitative estimate of drug-likeness (QED) is 0.399. The fraction of sp³-hybridized carbons (Fsp3) is 0.529. The molecule has 0 saturated carbocycles. The fourth-order valence-corrected chi connectivity index (χ4v) is 2.58. The number of benzene rings is 1. The molecule has 7 heteroatoms. The molecule has 0 bridgehead atoms. The smallest absolute Gasteiger partial charge is 0.216 e. The lowest BCUT2D eigenvalue weighted by molar-refractivity contribution is -0.118. The highest BCUT2D eigenvalue weighted by Crippen LogP contribution is 2.30. The lowest BCUT2D eigenvalue weighted by atomic mass is 9.84. The number of hydrogen-bond donors (Lipinski definition) is 3. The normalized spacial score (nSPS) is 12.0. The van der Waals surface area contributed by atoms with Crippen molar-refractivity contribution in [1.29, 1.82) is 0 Å². The Bertz CT molecular complexity index is 590. The number of aliphatic imine (C=N–C) groups is 1. The van der Waals surface area contributed by atoms with Crippen LogP contribution in [-0.2, 0) is 10.2 Å². The van der Waals surface area contributed by atoms with Crippen molar-refractivity contribution in [1.82, 2.24) is 16.0 Å². The van der Waals surface area contributed by atoms with E-state index in [0.717, 1.165) is 12.1 Å². The van der Waals surface area contributed by atoms with Crippen molar-refractivity contribution < 1.29 is 9.18 Å². The van der Waals surface area contributed by atoms with Crippen molar-refractivity contribution in [2.24, 2.45) is 4.99 Å². The Morgan fingerprint density at radius 2 is 1.92 bits per heavy atom. The Hall–Kier alpha value is -1.82. The molecular formula is C17H26ClFN4O. The number of carbonyl (C=O) groups is 1. The zero-order valence-electron chi connectivity index (χ0n) is 14.7. The van der Waals surface area contributed by atoms with Gasteiger partial charge in [-0.25, -0.2) is 4.39 Å². The second kappa shape index (κ2) is 9.47. The second-order valence-electron chi connectivity index (χ2n) is 6.11. The molecule has 0 aliphatic heterocycles. The zero-order chi connectivity index (χ0) is 18.2. The number of hydrogen-bond acceptors (Lipinski definition) is 2. The summed E-state index contributed by atoms with van der Waals surface area (Å²) in [5, 5.41) is 9.43. The van der Waals surface area contributed by atoms with Crippen LogP contribution in [0.25, 0.3) is 0 Å². The molecule has 1 aromatic rings. The summed E-state index contributed by atoms with van der Waals surface area (Å²) in [5.41, 5.74) is 0.508. The SMILES string of the molecule is CCNC(=NCC(C)(C)c1ccc(F)cc1Cl)NCCNC(C)=O. The Balaban J connectivity index is 2.73. The van der Waals surface area contributed by atoms with E-state index >= 15 is 0 Å². The van der Waals surface area contributed by atoms with Gasteiger partial charge in [0.2, 0.25) is 5.91 Å². The number of carbonyl (C=O) groups excluding carboxylic acids is 1. The number of guanidine groups is 1. The highest BCUT2D eigenvalue weighted by molar-refractivity contribution is 6.31. The second-order valence-corrected chi connectivity index (χ2v) is 6.52. The first-order valence-corrected chi connectivity index (χ1v) is 8.36. The van der Waals surface area contributed by atoms with Crippen LogP contribution in [0.5, 0.6) is 0 Å². The van der Waals surface area contributed by atoms with Gasteiger partial charge in [0.25, 0.3) is 0 Å². The molecule has 0 fully saturated rings. The summed E-state index contributed by atoms with van der Waals surface area (Å²) >= 11 is 6.16. The summed E-state index contributed by atoms with van der Waals surface area (Å²) in [5.74, 6) is 0.246. The van der Waals surface area contributed by atoms with E-state index in [1.165, 1.54) is 19.1 Å². The van der Waals surface area contributed by atoms with Gasteiger partial charge < -0.3 is 16.0 Å². The molecule has 134 valence electrons. The minimum absolute atomic E-state index is 0.0641. The van der Waals surface area contributed by atoms with Crippen LogP contribution in [0.15, 0.2) is 23.2 Å². The molecule has 0 aliphatic carbocycles. The molecule has 3 N–H and O–H groups in total. The summed E-state index contributed by atoms with van der Waals surface area (Å²) < 4.78 is 13.2. The van der Waals surface area contributed by atoms with Gasteiger partial charge in [-0.15, -0.1) is 0 Å². The van der Waals surface area contributed by atoms with Crippen molar-refractivity contribution >= 4 is 23.5 Å². The van der Waals surface area contributed by atoms with Crippen molar-refractivity contribution in [3.05, 3.63) is 34.6 Å². The van der Waals surface area contributed by atoms with E-state index in [0.29, 0.717) is 30.6 Å². The molecule has 0 aliphatic rings. The molecule has 0 spiro atoms. The Labute approximate surface area is 148 Å². The van der Waals surface area contributed by atoms with E-state index in [9.17, 15) is 9.18 Å². The van der Waals surface area contributed by atoms with Gasteiger partial charge in [0.15, 0.2) is 5.96 Å². The maximum absolute atomic E-state index is 13.2. The summed E-state index contributed by atoms with van der Waals surface area (Å²) in [6.45, 7) is 9.78. The van der Waals surface area contributed by atoms with Crippen LogP contribution in [0.4, 0.5) is 4.39 Å². The molecule has 1 amide bonds.